The van der Waals surface area contributed by atoms with Gasteiger partial charge in [0.15, 0.2) is 0 Å². The third kappa shape index (κ3) is 3.45. The Hall–Kier alpha value is -2.75. The zero-order valence-corrected chi connectivity index (χ0v) is 15.0. The predicted molar refractivity (Wildman–Crippen MR) is 106 cm³/mol. The van der Waals surface area contributed by atoms with Crippen molar-refractivity contribution in [2.24, 2.45) is 0 Å². The zero-order valence-electron chi connectivity index (χ0n) is 13.5. The van der Waals surface area contributed by atoms with Crippen LogP contribution in [-0.4, -0.2) is 5.91 Å². The molecule has 0 spiro atoms. The molecule has 128 valence electrons. The summed E-state index contributed by atoms with van der Waals surface area (Å²) >= 11 is 11.9. The van der Waals surface area contributed by atoms with Crippen LogP contribution in [0.3, 0.4) is 0 Å². The average molecular weight is 382 g/mol. The Morgan fingerprint density at radius 3 is 2.23 bits per heavy atom. The highest BCUT2D eigenvalue weighted by Gasteiger charge is 2.09. The average Bonchev–Trinajstić information content (AvgIpc) is 3.06. The number of hydrogen-bond donors (Lipinski definition) is 1. The Balaban J connectivity index is 1.54. The third-order valence-electron chi connectivity index (χ3n) is 4.01. The molecule has 1 aromatic heterocycles. The van der Waals surface area contributed by atoms with E-state index >= 15 is 0 Å². The molecule has 0 unspecified atom stereocenters. The van der Waals surface area contributed by atoms with Crippen LogP contribution in [0.5, 0.6) is 0 Å². The highest BCUT2D eigenvalue weighted by atomic mass is 35.5. The van der Waals surface area contributed by atoms with Gasteiger partial charge < -0.3 is 9.73 Å². The van der Waals surface area contributed by atoms with Crippen LogP contribution in [-0.2, 0) is 0 Å². The molecule has 4 rings (SSSR count). The van der Waals surface area contributed by atoms with Crippen molar-refractivity contribution in [2.45, 2.75) is 0 Å². The Kier molecular flexibility index (Phi) is 4.41. The molecule has 5 heteroatoms. The minimum Gasteiger partial charge on any atom is -0.456 e. The maximum atomic E-state index is 12.2. The van der Waals surface area contributed by atoms with Gasteiger partial charge in [-0.15, -0.1) is 0 Å². The fraction of sp³-hybridized carbons (Fsp3) is 0. The normalized spacial score (nSPS) is 10.8. The van der Waals surface area contributed by atoms with Gasteiger partial charge in [-0.1, -0.05) is 23.2 Å². The molecular formula is C21H13Cl2NO2. The highest BCUT2D eigenvalue weighted by molar-refractivity contribution is 6.31. The van der Waals surface area contributed by atoms with Gasteiger partial charge in [0.05, 0.1) is 0 Å². The number of hydrogen-bond acceptors (Lipinski definition) is 2. The largest absolute Gasteiger partial charge is 0.456 e. The van der Waals surface area contributed by atoms with Crippen molar-refractivity contribution in [1.29, 1.82) is 0 Å². The SMILES string of the molecule is O=C(Nc1ccc(-c2cc3cc(Cl)ccc3o2)cc1)c1ccc(Cl)cc1. The summed E-state index contributed by atoms with van der Waals surface area (Å²) in [5.74, 6) is 0.561. The molecular weight excluding hydrogens is 369 g/mol. The van der Waals surface area contributed by atoms with E-state index in [9.17, 15) is 4.79 Å². The summed E-state index contributed by atoms with van der Waals surface area (Å²) in [5.41, 5.74) is 2.95. The monoisotopic (exact) mass is 381 g/mol. The first-order chi connectivity index (χ1) is 12.6. The van der Waals surface area contributed by atoms with E-state index in [1.165, 1.54) is 0 Å². The number of anilines is 1. The van der Waals surface area contributed by atoms with Gasteiger partial charge in [-0.2, -0.15) is 0 Å². The van der Waals surface area contributed by atoms with Crippen LogP contribution in [0.1, 0.15) is 10.4 Å². The molecule has 0 aliphatic heterocycles. The number of rotatable bonds is 3. The zero-order chi connectivity index (χ0) is 18.1. The fourth-order valence-corrected chi connectivity index (χ4v) is 2.99. The molecule has 4 aromatic rings. The van der Waals surface area contributed by atoms with E-state index in [2.05, 4.69) is 5.32 Å². The smallest absolute Gasteiger partial charge is 0.255 e. The molecule has 0 aliphatic rings. The lowest BCUT2D eigenvalue weighted by molar-refractivity contribution is 0.102. The molecule has 0 bridgehead atoms. The van der Waals surface area contributed by atoms with Gasteiger partial charge in [0.2, 0.25) is 0 Å². The van der Waals surface area contributed by atoms with E-state index in [-0.39, 0.29) is 5.91 Å². The topological polar surface area (TPSA) is 42.2 Å². The molecule has 0 radical (unpaired) electrons. The molecule has 1 N–H and O–H groups in total. The van der Waals surface area contributed by atoms with Crippen molar-refractivity contribution in [3.63, 3.8) is 0 Å². The molecule has 0 fully saturated rings. The Morgan fingerprint density at radius 2 is 1.50 bits per heavy atom. The van der Waals surface area contributed by atoms with Crippen LogP contribution in [0.4, 0.5) is 5.69 Å². The third-order valence-corrected chi connectivity index (χ3v) is 4.50. The van der Waals surface area contributed by atoms with Gasteiger partial charge in [0.25, 0.3) is 5.91 Å². The summed E-state index contributed by atoms with van der Waals surface area (Å²) < 4.78 is 5.85. The minimum absolute atomic E-state index is 0.187. The van der Waals surface area contributed by atoms with E-state index in [1.807, 2.05) is 42.5 Å². The van der Waals surface area contributed by atoms with E-state index in [1.54, 1.807) is 30.3 Å². The first-order valence-corrected chi connectivity index (χ1v) is 8.70. The number of carbonyl (C=O) groups excluding carboxylic acids is 1. The van der Waals surface area contributed by atoms with Crippen molar-refractivity contribution in [2.75, 3.05) is 5.32 Å². The first kappa shape index (κ1) is 16.7. The van der Waals surface area contributed by atoms with Crippen LogP contribution < -0.4 is 5.32 Å². The van der Waals surface area contributed by atoms with Gasteiger partial charge in [-0.25, -0.2) is 0 Å². The van der Waals surface area contributed by atoms with Crippen LogP contribution in [0.2, 0.25) is 10.0 Å². The van der Waals surface area contributed by atoms with Gasteiger partial charge in [-0.3, -0.25) is 4.79 Å². The molecule has 3 aromatic carbocycles. The highest BCUT2D eigenvalue weighted by Crippen LogP contribution is 2.30. The Bertz CT molecular complexity index is 1080. The van der Waals surface area contributed by atoms with E-state index < -0.39 is 0 Å². The summed E-state index contributed by atoms with van der Waals surface area (Å²) in [6.45, 7) is 0. The first-order valence-electron chi connectivity index (χ1n) is 7.95. The lowest BCUT2D eigenvalue weighted by atomic mass is 10.1. The Labute approximate surface area is 160 Å². The second kappa shape index (κ2) is 6.87. The molecule has 1 heterocycles. The van der Waals surface area contributed by atoms with Crippen LogP contribution in [0.25, 0.3) is 22.3 Å². The van der Waals surface area contributed by atoms with E-state index in [0.29, 0.717) is 21.3 Å². The maximum Gasteiger partial charge on any atom is 0.255 e. The molecule has 0 saturated heterocycles. The fourth-order valence-electron chi connectivity index (χ4n) is 2.68. The van der Waals surface area contributed by atoms with Crippen LogP contribution in [0.15, 0.2) is 77.2 Å². The molecule has 1 amide bonds. The number of carbonyl (C=O) groups is 1. The summed E-state index contributed by atoms with van der Waals surface area (Å²) in [6.07, 6.45) is 0. The summed E-state index contributed by atoms with van der Waals surface area (Å²) in [6, 6.07) is 21.7. The molecule has 0 saturated carbocycles. The molecule has 0 aliphatic carbocycles. The van der Waals surface area contributed by atoms with E-state index in [4.69, 9.17) is 27.6 Å². The lowest BCUT2D eigenvalue weighted by Crippen LogP contribution is -2.11. The second-order valence-electron chi connectivity index (χ2n) is 5.83. The quantitative estimate of drug-likeness (QED) is 0.431. The number of amides is 1. The van der Waals surface area contributed by atoms with Crippen molar-refractivity contribution in [3.8, 4) is 11.3 Å². The molecule has 26 heavy (non-hydrogen) atoms. The van der Waals surface area contributed by atoms with Crippen molar-refractivity contribution in [3.05, 3.63) is 88.4 Å². The van der Waals surface area contributed by atoms with Crippen LogP contribution >= 0.6 is 23.2 Å². The minimum atomic E-state index is -0.187. The number of furan rings is 1. The summed E-state index contributed by atoms with van der Waals surface area (Å²) in [7, 11) is 0. The Morgan fingerprint density at radius 1 is 0.808 bits per heavy atom. The van der Waals surface area contributed by atoms with Gasteiger partial charge in [-0.05, 0) is 72.8 Å². The van der Waals surface area contributed by atoms with Gasteiger partial charge in [0, 0.05) is 32.2 Å². The van der Waals surface area contributed by atoms with Gasteiger partial charge >= 0.3 is 0 Å². The number of benzene rings is 3. The number of nitrogens with one attached hydrogen (secondary N) is 1. The lowest BCUT2D eigenvalue weighted by Gasteiger charge is -2.06. The second-order valence-corrected chi connectivity index (χ2v) is 6.70. The molecule has 3 nitrogen and oxygen atoms in total. The summed E-state index contributed by atoms with van der Waals surface area (Å²) in [5, 5.41) is 5.08. The van der Waals surface area contributed by atoms with Crippen molar-refractivity contribution >= 4 is 45.8 Å². The number of halogens is 2. The standard InChI is InChI=1S/C21H13Cl2NO2/c22-16-5-1-14(2-6-16)21(25)24-18-8-3-13(4-9-18)20-12-15-11-17(23)7-10-19(15)26-20/h1-12H,(H,24,25). The maximum absolute atomic E-state index is 12.2. The molecule has 0 atom stereocenters. The van der Waals surface area contributed by atoms with Crippen molar-refractivity contribution < 1.29 is 9.21 Å². The summed E-state index contributed by atoms with van der Waals surface area (Å²) in [4.78, 5) is 12.2. The van der Waals surface area contributed by atoms with E-state index in [0.717, 1.165) is 22.3 Å². The predicted octanol–water partition coefficient (Wildman–Crippen LogP) is 6.66. The van der Waals surface area contributed by atoms with Gasteiger partial charge in [0.1, 0.15) is 11.3 Å². The van der Waals surface area contributed by atoms with Crippen LogP contribution in [0, 0.1) is 0 Å². The number of fused-ring (bicyclic) bond motifs is 1. The van der Waals surface area contributed by atoms with Crippen molar-refractivity contribution in [1.82, 2.24) is 0 Å².